The maximum Gasteiger partial charge on any atom is 0.339 e. The number of rotatable bonds is 8. The van der Waals surface area contributed by atoms with Crippen LogP contribution in [0.2, 0.25) is 0 Å². The maximum atomic E-state index is 13.2. The van der Waals surface area contributed by atoms with Crippen LogP contribution < -0.4 is 10.6 Å². The number of para-hydroxylation sites is 1. The Morgan fingerprint density at radius 1 is 1.05 bits per heavy atom. The molecule has 1 amide bonds. The van der Waals surface area contributed by atoms with Crippen LogP contribution in [-0.4, -0.2) is 45.1 Å². The smallest absolute Gasteiger partial charge is 0.339 e. The average molecular weight is 544 g/mol. The number of hydrogen-bond donors (Lipinski definition) is 2. The fourth-order valence-electron chi connectivity index (χ4n) is 4.77. The van der Waals surface area contributed by atoms with E-state index in [4.69, 9.17) is 17.0 Å². The van der Waals surface area contributed by atoms with E-state index in [1.54, 1.807) is 18.3 Å². The fourth-order valence-corrected chi connectivity index (χ4v) is 5.10. The van der Waals surface area contributed by atoms with Crippen LogP contribution in [-0.2, 0) is 9.53 Å². The number of amides is 1. The topological polar surface area (TPSA) is 88.5 Å². The Hall–Kier alpha value is -4.57. The second-order valence-electron chi connectivity index (χ2n) is 8.94. The molecule has 2 aromatic heterocycles. The van der Waals surface area contributed by atoms with Gasteiger partial charge in [-0.3, -0.25) is 9.78 Å². The lowest BCUT2D eigenvalue weighted by Gasteiger charge is -2.29. The Balaban J connectivity index is 1.48. The summed E-state index contributed by atoms with van der Waals surface area (Å²) in [6, 6.07) is 21.7. The first-order valence-corrected chi connectivity index (χ1v) is 12.8. The van der Waals surface area contributed by atoms with E-state index < -0.39 is 5.97 Å². The molecule has 0 spiro atoms. The second-order valence-corrected chi connectivity index (χ2v) is 9.32. The number of carbonyl (C=O) groups is 2. The largest absolute Gasteiger partial charge is 0.465 e. The molecule has 0 unspecified atom stereocenters. The molecule has 39 heavy (non-hydrogen) atoms. The zero-order chi connectivity index (χ0) is 27.4. The van der Waals surface area contributed by atoms with Crippen molar-refractivity contribution in [2.45, 2.75) is 18.5 Å². The molecule has 1 aliphatic rings. The Kier molecular flexibility index (Phi) is 7.64. The van der Waals surface area contributed by atoms with Gasteiger partial charge in [0.2, 0.25) is 5.91 Å². The van der Waals surface area contributed by atoms with Gasteiger partial charge in [-0.2, -0.15) is 0 Å². The SMILES string of the molecule is COC(=O)c1ccccc1-n1cccc1[C@H]1[C@@H](c2ccccn2)NC(=S)N1CCC(=O)Nc1ccc(F)cc1. The highest BCUT2D eigenvalue weighted by Crippen LogP contribution is 2.40. The lowest BCUT2D eigenvalue weighted by atomic mass is 10.0. The van der Waals surface area contributed by atoms with Crippen LogP contribution >= 0.6 is 12.2 Å². The predicted molar refractivity (Wildman–Crippen MR) is 149 cm³/mol. The van der Waals surface area contributed by atoms with E-state index in [0.29, 0.717) is 28.6 Å². The Morgan fingerprint density at radius 3 is 2.56 bits per heavy atom. The van der Waals surface area contributed by atoms with Gasteiger partial charge >= 0.3 is 5.97 Å². The molecule has 5 rings (SSSR count). The lowest BCUT2D eigenvalue weighted by Crippen LogP contribution is -2.33. The minimum atomic E-state index is -0.444. The average Bonchev–Trinajstić information content (AvgIpc) is 3.57. The summed E-state index contributed by atoms with van der Waals surface area (Å²) in [7, 11) is 1.35. The summed E-state index contributed by atoms with van der Waals surface area (Å²) >= 11 is 5.74. The van der Waals surface area contributed by atoms with Crippen LogP contribution in [0.3, 0.4) is 0 Å². The van der Waals surface area contributed by atoms with Gasteiger partial charge in [-0.15, -0.1) is 0 Å². The number of nitrogens with one attached hydrogen (secondary N) is 2. The Labute approximate surface area is 230 Å². The molecule has 10 heteroatoms. The predicted octanol–water partition coefficient (Wildman–Crippen LogP) is 4.80. The summed E-state index contributed by atoms with van der Waals surface area (Å²) in [5, 5.41) is 6.67. The van der Waals surface area contributed by atoms with Gasteiger partial charge < -0.3 is 24.8 Å². The molecule has 0 saturated carbocycles. The molecule has 0 bridgehead atoms. The Bertz CT molecular complexity index is 1490. The van der Waals surface area contributed by atoms with Gasteiger partial charge in [0.15, 0.2) is 5.11 Å². The third-order valence-corrected chi connectivity index (χ3v) is 6.91. The number of benzene rings is 2. The molecule has 1 saturated heterocycles. The summed E-state index contributed by atoms with van der Waals surface area (Å²) < 4.78 is 20.2. The molecule has 1 fully saturated rings. The zero-order valence-electron chi connectivity index (χ0n) is 21.1. The van der Waals surface area contributed by atoms with E-state index in [1.807, 2.05) is 58.1 Å². The number of halogens is 1. The van der Waals surface area contributed by atoms with Gasteiger partial charge in [0.1, 0.15) is 5.82 Å². The fraction of sp³-hybridized carbons (Fsp3) is 0.172. The number of pyridine rings is 1. The summed E-state index contributed by atoms with van der Waals surface area (Å²) in [6.45, 7) is 0.316. The molecule has 2 atom stereocenters. The summed E-state index contributed by atoms with van der Waals surface area (Å²) in [4.78, 5) is 31.9. The Morgan fingerprint density at radius 2 is 1.82 bits per heavy atom. The summed E-state index contributed by atoms with van der Waals surface area (Å²) in [6.07, 6.45) is 3.75. The number of methoxy groups -OCH3 is 1. The molecule has 0 radical (unpaired) electrons. The summed E-state index contributed by atoms with van der Waals surface area (Å²) in [5.41, 5.74) is 3.24. The number of carbonyl (C=O) groups excluding carboxylic acids is 2. The molecular formula is C29H26FN5O3S. The number of aromatic nitrogens is 2. The number of ether oxygens (including phenoxy) is 1. The molecular weight excluding hydrogens is 517 g/mol. The van der Waals surface area contributed by atoms with E-state index in [-0.39, 0.29) is 30.2 Å². The molecule has 3 heterocycles. The zero-order valence-corrected chi connectivity index (χ0v) is 21.9. The standard InChI is InChI=1S/C29H26FN5O3S/c1-38-28(37)21-7-2-3-9-23(21)34-17-6-10-24(34)27-26(22-8-4-5-16-31-22)33-29(39)35(27)18-15-25(36)32-20-13-11-19(30)12-14-20/h2-14,16-17,26-27H,15,18H2,1H3,(H,32,36)(H,33,39)/t26-,27+/m1/s1. The van der Waals surface area contributed by atoms with Crippen molar-refractivity contribution in [3.63, 3.8) is 0 Å². The number of esters is 1. The molecule has 198 valence electrons. The van der Waals surface area contributed by atoms with Crippen molar-refractivity contribution < 1.29 is 18.7 Å². The first-order valence-electron chi connectivity index (χ1n) is 12.3. The van der Waals surface area contributed by atoms with E-state index in [9.17, 15) is 14.0 Å². The number of anilines is 1. The normalized spacial score (nSPS) is 16.6. The van der Waals surface area contributed by atoms with E-state index >= 15 is 0 Å². The van der Waals surface area contributed by atoms with Crippen molar-refractivity contribution in [1.82, 2.24) is 19.8 Å². The van der Waals surface area contributed by atoms with Gasteiger partial charge in [-0.05, 0) is 72.9 Å². The first kappa shape index (κ1) is 26.1. The van der Waals surface area contributed by atoms with Crippen molar-refractivity contribution in [2.24, 2.45) is 0 Å². The van der Waals surface area contributed by atoms with Gasteiger partial charge in [0.05, 0.1) is 36.1 Å². The van der Waals surface area contributed by atoms with Crippen molar-refractivity contribution in [1.29, 1.82) is 0 Å². The van der Waals surface area contributed by atoms with Crippen LogP contribution in [0.1, 0.15) is 40.3 Å². The first-order chi connectivity index (χ1) is 19.0. The van der Waals surface area contributed by atoms with Gasteiger partial charge in [0, 0.05) is 36.7 Å². The van der Waals surface area contributed by atoms with E-state index in [2.05, 4.69) is 15.6 Å². The number of nitrogens with zero attached hydrogens (tertiary/aromatic N) is 3. The molecule has 2 N–H and O–H groups in total. The monoisotopic (exact) mass is 543 g/mol. The quantitative estimate of drug-likeness (QED) is 0.244. The summed E-state index contributed by atoms with van der Waals surface area (Å²) in [5.74, 6) is -1.04. The van der Waals surface area contributed by atoms with Crippen molar-refractivity contribution >= 4 is 34.9 Å². The molecule has 2 aromatic carbocycles. The van der Waals surface area contributed by atoms with E-state index in [1.165, 1.54) is 31.4 Å². The third kappa shape index (κ3) is 5.51. The van der Waals surface area contributed by atoms with Gasteiger partial charge in [0.25, 0.3) is 0 Å². The van der Waals surface area contributed by atoms with Crippen LogP contribution in [0.15, 0.2) is 91.3 Å². The maximum absolute atomic E-state index is 13.2. The third-order valence-electron chi connectivity index (χ3n) is 6.56. The molecule has 0 aliphatic carbocycles. The van der Waals surface area contributed by atoms with Gasteiger partial charge in [-0.25, -0.2) is 9.18 Å². The van der Waals surface area contributed by atoms with Crippen molar-refractivity contribution in [2.75, 3.05) is 19.0 Å². The highest BCUT2D eigenvalue weighted by molar-refractivity contribution is 7.80. The van der Waals surface area contributed by atoms with Crippen molar-refractivity contribution in [3.05, 3.63) is 114 Å². The van der Waals surface area contributed by atoms with Gasteiger partial charge in [-0.1, -0.05) is 18.2 Å². The molecule has 4 aromatic rings. The molecule has 8 nitrogen and oxygen atoms in total. The highest BCUT2D eigenvalue weighted by atomic mass is 32.1. The molecule has 1 aliphatic heterocycles. The van der Waals surface area contributed by atoms with Crippen LogP contribution in [0, 0.1) is 5.82 Å². The van der Waals surface area contributed by atoms with E-state index in [0.717, 1.165) is 11.4 Å². The number of hydrogen-bond acceptors (Lipinski definition) is 5. The lowest BCUT2D eigenvalue weighted by molar-refractivity contribution is -0.116. The number of thiocarbonyl (C=S) groups is 1. The minimum Gasteiger partial charge on any atom is -0.465 e. The van der Waals surface area contributed by atoms with Crippen LogP contribution in [0.25, 0.3) is 5.69 Å². The van der Waals surface area contributed by atoms with Crippen LogP contribution in [0.4, 0.5) is 10.1 Å². The van der Waals surface area contributed by atoms with Crippen LogP contribution in [0.5, 0.6) is 0 Å². The second kappa shape index (κ2) is 11.4. The highest BCUT2D eigenvalue weighted by Gasteiger charge is 2.41. The minimum absolute atomic E-state index is 0.143. The van der Waals surface area contributed by atoms with Crippen molar-refractivity contribution in [3.8, 4) is 5.69 Å².